The second kappa shape index (κ2) is 9.61. The van der Waals surface area contributed by atoms with E-state index in [1.807, 2.05) is 6.08 Å². The molecule has 2 aliphatic rings. The Hall–Kier alpha value is -1.80. The molecule has 1 aromatic carbocycles. The van der Waals surface area contributed by atoms with Crippen molar-refractivity contribution in [2.45, 2.75) is 77.2 Å². The number of fused-ring (bicyclic) bond motifs is 1. The number of allylic oxidation sites excluding steroid dienone is 6. The van der Waals surface area contributed by atoms with E-state index >= 15 is 0 Å². The van der Waals surface area contributed by atoms with Gasteiger partial charge in [0.25, 0.3) is 6.85 Å². The van der Waals surface area contributed by atoms with Gasteiger partial charge in [-0.2, -0.15) is 0 Å². The van der Waals surface area contributed by atoms with Gasteiger partial charge in [0.15, 0.2) is 0 Å². The van der Waals surface area contributed by atoms with Crippen LogP contribution in [0.3, 0.4) is 0 Å². The van der Waals surface area contributed by atoms with E-state index in [1.54, 1.807) is 5.56 Å². The van der Waals surface area contributed by atoms with Crippen LogP contribution in [0, 0.1) is 0 Å². The number of hydrogen-bond acceptors (Lipinski definition) is 1. The molecular weight excluding hydrogens is 337 g/mol. The molecule has 0 aliphatic heterocycles. The van der Waals surface area contributed by atoms with Gasteiger partial charge in [-0.15, -0.1) is 6.58 Å². The first-order valence-electron chi connectivity index (χ1n) is 11.1. The highest BCUT2D eigenvalue weighted by atomic mass is 15.1. The minimum absolute atomic E-state index is 0.394. The monoisotopic (exact) mass is 373 g/mol. The van der Waals surface area contributed by atoms with E-state index < -0.39 is 0 Å². The van der Waals surface area contributed by atoms with Crippen molar-refractivity contribution < 1.29 is 0 Å². The van der Waals surface area contributed by atoms with Crippen LogP contribution in [0.15, 0.2) is 67.3 Å². The molecule has 0 spiro atoms. The highest BCUT2D eigenvalue weighted by Gasteiger charge is 2.39. The van der Waals surface area contributed by atoms with Gasteiger partial charge in [0.05, 0.1) is 0 Å². The van der Waals surface area contributed by atoms with E-state index in [0.717, 1.165) is 12.8 Å². The second-order valence-electron chi connectivity index (χ2n) is 8.83. The lowest BCUT2D eigenvalue weighted by Crippen LogP contribution is -2.51. The van der Waals surface area contributed by atoms with Crippen LogP contribution in [0.25, 0.3) is 5.47 Å². The summed E-state index contributed by atoms with van der Waals surface area (Å²) in [6.45, 7) is 13.6. The van der Waals surface area contributed by atoms with Crippen LogP contribution < -0.4 is 0 Å². The van der Waals surface area contributed by atoms with Crippen LogP contribution in [0.2, 0.25) is 5.82 Å². The fourth-order valence-electron chi connectivity index (χ4n) is 5.15. The third kappa shape index (κ3) is 4.44. The first kappa shape index (κ1) is 20.9. The van der Waals surface area contributed by atoms with Crippen LogP contribution in [0.5, 0.6) is 0 Å². The average molecular weight is 373 g/mol. The Balaban J connectivity index is 2.00. The topological polar surface area (TPSA) is 3.24 Å². The molecule has 0 saturated heterocycles. The molecule has 1 unspecified atom stereocenters. The first-order valence-corrected chi connectivity index (χ1v) is 11.1. The third-order valence-corrected chi connectivity index (χ3v) is 6.27. The Labute approximate surface area is 173 Å². The normalized spacial score (nSPS) is 18.8. The molecule has 0 saturated carbocycles. The molecule has 28 heavy (non-hydrogen) atoms. The summed E-state index contributed by atoms with van der Waals surface area (Å²) < 4.78 is 0. The Bertz CT molecular complexity index is 735. The van der Waals surface area contributed by atoms with E-state index in [9.17, 15) is 0 Å². The van der Waals surface area contributed by atoms with Crippen molar-refractivity contribution in [2.24, 2.45) is 0 Å². The summed E-state index contributed by atoms with van der Waals surface area (Å²) in [7, 11) is 0. The van der Waals surface area contributed by atoms with Gasteiger partial charge >= 0.3 is 0 Å². The number of benzene rings is 1. The highest BCUT2D eigenvalue weighted by Crippen LogP contribution is 2.42. The fourth-order valence-corrected chi connectivity index (χ4v) is 5.15. The minimum atomic E-state index is 0.394. The summed E-state index contributed by atoms with van der Waals surface area (Å²) in [6.07, 6.45) is 18.5. The zero-order chi connectivity index (χ0) is 20.1. The summed E-state index contributed by atoms with van der Waals surface area (Å²) in [4.78, 5) is 2.70. The minimum Gasteiger partial charge on any atom is -0.333 e. The van der Waals surface area contributed by atoms with Gasteiger partial charge in [-0.05, 0) is 60.6 Å². The highest BCUT2D eigenvalue weighted by molar-refractivity contribution is 6.79. The Morgan fingerprint density at radius 1 is 1.11 bits per heavy atom. The molecule has 1 atom stereocenters. The molecule has 0 heterocycles. The van der Waals surface area contributed by atoms with Crippen LogP contribution in [0.4, 0.5) is 0 Å². The summed E-state index contributed by atoms with van der Waals surface area (Å²) >= 11 is 0. The standard InChI is InChI=1S/C26H36BN/c1-6-7-8-13-22-18-19-26(25-17-12-11-16-24(22)25)27(23-14-9-10-15-23)28(20(2)3)21(4)5/h6,9-12,14-17,19-23H,1,7-8,13,18H2,2-5H3. The molecule has 1 aromatic rings. The van der Waals surface area contributed by atoms with Crippen LogP contribution in [-0.2, 0) is 0 Å². The molecule has 0 aromatic heterocycles. The Kier molecular flexibility index (Phi) is 7.18. The zero-order valence-corrected chi connectivity index (χ0v) is 18.1. The predicted molar refractivity (Wildman–Crippen MR) is 126 cm³/mol. The van der Waals surface area contributed by atoms with Crippen molar-refractivity contribution in [3.63, 3.8) is 0 Å². The molecule has 0 N–H and O–H groups in total. The molecule has 0 bridgehead atoms. The van der Waals surface area contributed by atoms with Crippen molar-refractivity contribution in [2.75, 3.05) is 0 Å². The van der Waals surface area contributed by atoms with Crippen molar-refractivity contribution in [1.29, 1.82) is 0 Å². The Morgan fingerprint density at radius 3 is 2.43 bits per heavy atom. The smallest absolute Gasteiger partial charge is 0.269 e. The van der Waals surface area contributed by atoms with Crippen molar-refractivity contribution in [3.8, 4) is 0 Å². The molecule has 2 heteroatoms. The van der Waals surface area contributed by atoms with Gasteiger partial charge in [-0.1, -0.05) is 93.9 Å². The van der Waals surface area contributed by atoms with Crippen LogP contribution in [-0.4, -0.2) is 23.7 Å². The number of unbranched alkanes of at least 4 members (excludes halogenated alkanes) is 1. The summed E-state index contributed by atoms with van der Waals surface area (Å²) in [5.41, 5.74) is 4.55. The van der Waals surface area contributed by atoms with Crippen molar-refractivity contribution in [1.82, 2.24) is 4.81 Å². The van der Waals surface area contributed by atoms with Gasteiger partial charge in [-0.3, -0.25) is 0 Å². The predicted octanol–water partition coefficient (Wildman–Crippen LogP) is 7.06. The van der Waals surface area contributed by atoms with Gasteiger partial charge in [-0.25, -0.2) is 0 Å². The molecule has 3 rings (SSSR count). The van der Waals surface area contributed by atoms with Gasteiger partial charge in [0.2, 0.25) is 0 Å². The third-order valence-electron chi connectivity index (χ3n) is 6.27. The van der Waals surface area contributed by atoms with Gasteiger partial charge < -0.3 is 4.81 Å². The second-order valence-corrected chi connectivity index (χ2v) is 8.83. The van der Waals surface area contributed by atoms with E-state index in [4.69, 9.17) is 0 Å². The molecule has 0 radical (unpaired) electrons. The number of rotatable bonds is 9. The SMILES string of the molecule is C=CCCCC1CC=C(B(C2C=CC=C2)N(C(C)C)C(C)C)c2ccccc21. The molecule has 148 valence electrons. The zero-order valence-electron chi connectivity index (χ0n) is 18.1. The number of nitrogens with zero attached hydrogens (tertiary/aromatic N) is 1. The van der Waals surface area contributed by atoms with E-state index in [1.165, 1.54) is 23.9 Å². The molecule has 2 aliphatic carbocycles. The number of hydrogen-bond donors (Lipinski definition) is 0. The lowest BCUT2D eigenvalue weighted by atomic mass is 9.41. The fraction of sp³-hybridized carbons (Fsp3) is 0.462. The van der Waals surface area contributed by atoms with Gasteiger partial charge in [0, 0.05) is 0 Å². The van der Waals surface area contributed by atoms with Crippen molar-refractivity contribution >= 4 is 12.3 Å². The molecular formula is C26H36BN. The van der Waals surface area contributed by atoms with E-state index in [2.05, 4.69) is 93.7 Å². The first-order chi connectivity index (χ1) is 13.5. The average Bonchev–Trinajstić information content (AvgIpc) is 3.20. The lowest BCUT2D eigenvalue weighted by Gasteiger charge is -2.41. The van der Waals surface area contributed by atoms with Crippen LogP contribution >= 0.6 is 0 Å². The maximum Gasteiger partial charge on any atom is 0.269 e. The quantitative estimate of drug-likeness (QED) is 0.254. The molecule has 1 nitrogen and oxygen atoms in total. The molecule has 0 amide bonds. The van der Waals surface area contributed by atoms with Gasteiger partial charge in [0.1, 0.15) is 0 Å². The maximum absolute atomic E-state index is 3.89. The van der Waals surface area contributed by atoms with E-state index in [0.29, 0.717) is 30.7 Å². The van der Waals surface area contributed by atoms with Crippen LogP contribution in [0.1, 0.15) is 70.4 Å². The summed E-state index contributed by atoms with van der Waals surface area (Å²) in [5.74, 6) is 1.09. The summed E-state index contributed by atoms with van der Waals surface area (Å²) in [6, 6.07) is 10.2. The molecule has 0 fully saturated rings. The maximum atomic E-state index is 3.89. The summed E-state index contributed by atoms with van der Waals surface area (Å²) in [5, 5.41) is 0. The Morgan fingerprint density at radius 2 is 1.79 bits per heavy atom. The van der Waals surface area contributed by atoms with Crippen molar-refractivity contribution in [3.05, 3.63) is 78.4 Å². The largest absolute Gasteiger partial charge is 0.333 e. The van der Waals surface area contributed by atoms with E-state index in [-0.39, 0.29) is 0 Å². The lowest BCUT2D eigenvalue weighted by molar-refractivity contribution is 0.305.